The molecule has 1 aromatic heterocycles. The summed E-state index contributed by atoms with van der Waals surface area (Å²) in [7, 11) is 1.84. The average molecular weight is 247 g/mol. The highest BCUT2D eigenvalue weighted by atomic mass is 16.2. The average Bonchev–Trinajstić information content (AvgIpc) is 2.38. The van der Waals surface area contributed by atoms with Crippen LogP contribution in [0.1, 0.15) is 37.2 Å². The standard InChI is InChI=1S/C14H21N3O/c1-10-5-7-17(11(2)8-10)14(18)13-9-12(15-3)4-6-16-13/h4,6,9-11H,5,7-8H2,1-3H3,(H,15,16). The quantitative estimate of drug-likeness (QED) is 0.872. The molecule has 18 heavy (non-hydrogen) atoms. The van der Waals surface area contributed by atoms with Crippen molar-refractivity contribution in [2.24, 2.45) is 5.92 Å². The second-order valence-electron chi connectivity index (χ2n) is 5.16. The fourth-order valence-electron chi connectivity index (χ4n) is 2.56. The summed E-state index contributed by atoms with van der Waals surface area (Å²) in [5.74, 6) is 0.757. The zero-order valence-corrected chi connectivity index (χ0v) is 11.3. The van der Waals surface area contributed by atoms with E-state index in [2.05, 4.69) is 24.1 Å². The predicted molar refractivity (Wildman–Crippen MR) is 72.7 cm³/mol. The molecular weight excluding hydrogens is 226 g/mol. The van der Waals surface area contributed by atoms with E-state index in [9.17, 15) is 4.79 Å². The third kappa shape index (κ3) is 2.63. The van der Waals surface area contributed by atoms with Gasteiger partial charge in [-0.25, -0.2) is 0 Å². The Labute approximate surface area is 108 Å². The molecule has 0 aromatic carbocycles. The molecule has 1 fully saturated rings. The minimum atomic E-state index is 0.0477. The third-order valence-electron chi connectivity index (χ3n) is 3.67. The largest absolute Gasteiger partial charge is 0.388 e. The van der Waals surface area contributed by atoms with Crippen LogP contribution in [0.15, 0.2) is 18.3 Å². The molecule has 4 nitrogen and oxygen atoms in total. The number of anilines is 1. The van der Waals surface area contributed by atoms with Gasteiger partial charge in [-0.1, -0.05) is 6.92 Å². The van der Waals surface area contributed by atoms with Crippen LogP contribution in [0.4, 0.5) is 5.69 Å². The fraction of sp³-hybridized carbons (Fsp3) is 0.571. The number of likely N-dealkylation sites (tertiary alicyclic amines) is 1. The van der Waals surface area contributed by atoms with Crippen LogP contribution < -0.4 is 5.32 Å². The summed E-state index contributed by atoms with van der Waals surface area (Å²) in [4.78, 5) is 18.6. The van der Waals surface area contributed by atoms with E-state index in [0.717, 1.165) is 25.1 Å². The molecular formula is C14H21N3O. The van der Waals surface area contributed by atoms with Crippen molar-refractivity contribution < 1.29 is 4.79 Å². The van der Waals surface area contributed by atoms with Crippen LogP contribution in [0.3, 0.4) is 0 Å². The highest BCUT2D eigenvalue weighted by molar-refractivity contribution is 5.93. The van der Waals surface area contributed by atoms with E-state index in [1.54, 1.807) is 6.20 Å². The van der Waals surface area contributed by atoms with E-state index in [0.29, 0.717) is 17.7 Å². The number of aromatic nitrogens is 1. The van der Waals surface area contributed by atoms with Crippen LogP contribution in [0.5, 0.6) is 0 Å². The molecule has 0 saturated carbocycles. The minimum absolute atomic E-state index is 0.0477. The summed E-state index contributed by atoms with van der Waals surface area (Å²) in [5, 5.41) is 3.03. The van der Waals surface area contributed by atoms with Crippen molar-refractivity contribution in [1.82, 2.24) is 9.88 Å². The molecule has 1 aromatic rings. The Morgan fingerprint density at radius 3 is 2.94 bits per heavy atom. The maximum atomic E-state index is 12.4. The molecule has 1 aliphatic rings. The van der Waals surface area contributed by atoms with E-state index in [1.807, 2.05) is 24.1 Å². The lowest BCUT2D eigenvalue weighted by molar-refractivity contribution is 0.0582. The molecule has 4 heteroatoms. The Balaban J connectivity index is 2.15. The van der Waals surface area contributed by atoms with Gasteiger partial charge in [-0.05, 0) is 37.8 Å². The Kier molecular flexibility index (Phi) is 3.84. The lowest BCUT2D eigenvalue weighted by Crippen LogP contribution is -2.44. The topological polar surface area (TPSA) is 45.2 Å². The summed E-state index contributed by atoms with van der Waals surface area (Å²) < 4.78 is 0. The van der Waals surface area contributed by atoms with E-state index in [-0.39, 0.29) is 5.91 Å². The zero-order chi connectivity index (χ0) is 13.1. The van der Waals surface area contributed by atoms with Crippen molar-refractivity contribution in [3.63, 3.8) is 0 Å². The number of hydrogen-bond donors (Lipinski definition) is 1. The maximum absolute atomic E-state index is 12.4. The molecule has 1 N–H and O–H groups in total. The Morgan fingerprint density at radius 1 is 1.50 bits per heavy atom. The van der Waals surface area contributed by atoms with Gasteiger partial charge in [-0.15, -0.1) is 0 Å². The first-order chi connectivity index (χ1) is 8.61. The van der Waals surface area contributed by atoms with Crippen molar-refractivity contribution in [1.29, 1.82) is 0 Å². The molecule has 2 rings (SSSR count). The first-order valence-electron chi connectivity index (χ1n) is 6.56. The second-order valence-corrected chi connectivity index (χ2v) is 5.16. The lowest BCUT2D eigenvalue weighted by atomic mass is 9.93. The van der Waals surface area contributed by atoms with Gasteiger partial charge >= 0.3 is 0 Å². The highest BCUT2D eigenvalue weighted by Gasteiger charge is 2.28. The number of piperidine rings is 1. The van der Waals surface area contributed by atoms with Gasteiger partial charge in [0.15, 0.2) is 0 Å². The molecule has 0 bridgehead atoms. The Hall–Kier alpha value is -1.58. The van der Waals surface area contributed by atoms with E-state index >= 15 is 0 Å². The minimum Gasteiger partial charge on any atom is -0.388 e. The molecule has 2 heterocycles. The first-order valence-corrected chi connectivity index (χ1v) is 6.56. The van der Waals surface area contributed by atoms with Crippen LogP contribution in [-0.4, -0.2) is 35.4 Å². The number of carbonyl (C=O) groups is 1. The molecule has 2 atom stereocenters. The Bertz CT molecular complexity index is 433. The van der Waals surface area contributed by atoms with Gasteiger partial charge in [0.05, 0.1) is 0 Å². The second kappa shape index (κ2) is 5.38. The van der Waals surface area contributed by atoms with Crippen molar-refractivity contribution >= 4 is 11.6 Å². The van der Waals surface area contributed by atoms with Crippen LogP contribution in [0.25, 0.3) is 0 Å². The van der Waals surface area contributed by atoms with Gasteiger partial charge in [0.2, 0.25) is 0 Å². The number of nitrogens with one attached hydrogen (secondary N) is 1. The number of carbonyl (C=O) groups excluding carboxylic acids is 1. The van der Waals surface area contributed by atoms with Crippen molar-refractivity contribution in [3.8, 4) is 0 Å². The number of amides is 1. The lowest BCUT2D eigenvalue weighted by Gasteiger charge is -2.36. The molecule has 98 valence electrons. The molecule has 0 aliphatic carbocycles. The Morgan fingerprint density at radius 2 is 2.28 bits per heavy atom. The zero-order valence-electron chi connectivity index (χ0n) is 11.3. The van der Waals surface area contributed by atoms with Gasteiger partial charge in [0.25, 0.3) is 5.91 Å². The summed E-state index contributed by atoms with van der Waals surface area (Å²) in [6.07, 6.45) is 3.84. The molecule has 2 unspecified atom stereocenters. The van der Waals surface area contributed by atoms with Crippen molar-refractivity contribution in [2.45, 2.75) is 32.7 Å². The van der Waals surface area contributed by atoms with Crippen LogP contribution in [-0.2, 0) is 0 Å². The summed E-state index contributed by atoms with van der Waals surface area (Å²) in [5.41, 5.74) is 1.45. The number of hydrogen-bond acceptors (Lipinski definition) is 3. The molecule has 1 saturated heterocycles. The first kappa shape index (κ1) is 12.9. The van der Waals surface area contributed by atoms with Crippen molar-refractivity contribution in [2.75, 3.05) is 18.9 Å². The smallest absolute Gasteiger partial charge is 0.272 e. The van der Waals surface area contributed by atoms with Gasteiger partial charge < -0.3 is 10.2 Å². The van der Waals surface area contributed by atoms with E-state index in [1.165, 1.54) is 0 Å². The van der Waals surface area contributed by atoms with Gasteiger partial charge in [0.1, 0.15) is 5.69 Å². The van der Waals surface area contributed by atoms with Crippen LogP contribution in [0.2, 0.25) is 0 Å². The van der Waals surface area contributed by atoms with Gasteiger partial charge in [0, 0.05) is 31.5 Å². The number of nitrogens with zero attached hydrogens (tertiary/aromatic N) is 2. The van der Waals surface area contributed by atoms with Gasteiger partial charge in [-0.3, -0.25) is 9.78 Å². The fourth-order valence-corrected chi connectivity index (χ4v) is 2.56. The van der Waals surface area contributed by atoms with E-state index in [4.69, 9.17) is 0 Å². The number of pyridine rings is 1. The highest BCUT2D eigenvalue weighted by Crippen LogP contribution is 2.23. The normalized spacial score (nSPS) is 23.8. The van der Waals surface area contributed by atoms with Crippen molar-refractivity contribution in [3.05, 3.63) is 24.0 Å². The molecule has 0 spiro atoms. The molecule has 1 amide bonds. The summed E-state index contributed by atoms with van der Waals surface area (Å²) >= 11 is 0. The van der Waals surface area contributed by atoms with Gasteiger partial charge in [-0.2, -0.15) is 0 Å². The molecule has 0 radical (unpaired) electrons. The predicted octanol–water partition coefficient (Wildman–Crippen LogP) is 2.38. The molecule has 1 aliphatic heterocycles. The number of rotatable bonds is 2. The monoisotopic (exact) mass is 247 g/mol. The van der Waals surface area contributed by atoms with E-state index < -0.39 is 0 Å². The third-order valence-corrected chi connectivity index (χ3v) is 3.67. The van der Waals surface area contributed by atoms with Crippen LogP contribution in [0, 0.1) is 5.92 Å². The summed E-state index contributed by atoms with van der Waals surface area (Å²) in [6, 6.07) is 3.98. The summed E-state index contributed by atoms with van der Waals surface area (Å²) in [6.45, 7) is 5.21. The maximum Gasteiger partial charge on any atom is 0.272 e. The van der Waals surface area contributed by atoms with Crippen LogP contribution >= 0.6 is 0 Å². The SMILES string of the molecule is CNc1ccnc(C(=O)N2CCC(C)CC2C)c1.